The van der Waals surface area contributed by atoms with Crippen LogP contribution in [0.1, 0.15) is 34.8 Å². The number of carbonyl (C=O) groups is 3. The normalized spacial score (nSPS) is 17.5. The second-order valence-electron chi connectivity index (χ2n) is 11.4. The highest BCUT2D eigenvalue weighted by atomic mass is 16.5. The Balaban J connectivity index is 1.23. The molecular formula is C32H35N7O6. The van der Waals surface area contributed by atoms with Gasteiger partial charge in [-0.3, -0.25) is 33.0 Å². The third-order valence-corrected chi connectivity index (χ3v) is 8.59. The van der Waals surface area contributed by atoms with Crippen LogP contribution in [0.2, 0.25) is 0 Å². The number of carbonyl (C=O) groups excluding carboxylic acids is 3. The topological polar surface area (TPSA) is 132 Å². The van der Waals surface area contributed by atoms with Crippen molar-refractivity contribution in [2.75, 3.05) is 42.6 Å². The summed E-state index contributed by atoms with van der Waals surface area (Å²) in [5.41, 5.74) is 2.66. The molecule has 0 bridgehead atoms. The van der Waals surface area contributed by atoms with Gasteiger partial charge in [0, 0.05) is 40.3 Å². The monoisotopic (exact) mass is 613 g/mol. The number of hydrogen-bond donors (Lipinski definition) is 0. The molecule has 0 aliphatic carbocycles. The number of aryl methyl sites for hydroxylation is 2. The predicted molar refractivity (Wildman–Crippen MR) is 168 cm³/mol. The number of benzene rings is 2. The Morgan fingerprint density at radius 2 is 1.58 bits per heavy atom. The van der Waals surface area contributed by atoms with Crippen LogP contribution in [0.15, 0.2) is 58.1 Å². The second kappa shape index (κ2) is 11.8. The number of imidazole rings is 1. The number of rotatable bonds is 7. The molecule has 4 heterocycles. The maximum absolute atomic E-state index is 13.5. The Labute approximate surface area is 258 Å². The van der Waals surface area contributed by atoms with Crippen molar-refractivity contribution in [3.05, 3.63) is 86.1 Å². The van der Waals surface area contributed by atoms with Crippen LogP contribution >= 0.6 is 0 Å². The summed E-state index contributed by atoms with van der Waals surface area (Å²) in [6.45, 7) is 6.35. The highest BCUT2D eigenvalue weighted by Gasteiger charge is 2.43. The van der Waals surface area contributed by atoms with Crippen molar-refractivity contribution in [1.29, 1.82) is 0 Å². The first kappa shape index (κ1) is 30.0. The average Bonchev–Trinajstić information content (AvgIpc) is 3.56. The Morgan fingerprint density at radius 3 is 2.22 bits per heavy atom. The van der Waals surface area contributed by atoms with E-state index in [-0.39, 0.29) is 24.8 Å². The number of imide groups is 1. The molecule has 2 amide bonds. The van der Waals surface area contributed by atoms with Crippen molar-refractivity contribution < 1.29 is 19.1 Å². The van der Waals surface area contributed by atoms with Crippen LogP contribution in [0, 0.1) is 6.92 Å². The number of anilines is 2. The molecule has 0 radical (unpaired) electrons. The van der Waals surface area contributed by atoms with Gasteiger partial charge in [-0.2, -0.15) is 4.98 Å². The molecule has 2 fully saturated rings. The average molecular weight is 614 g/mol. The molecule has 13 heteroatoms. The molecule has 4 aromatic rings. The Morgan fingerprint density at radius 1 is 0.911 bits per heavy atom. The fraction of sp³-hybridized carbons (Fsp3) is 0.375. The summed E-state index contributed by atoms with van der Waals surface area (Å²) in [5.74, 6) is -0.495. The maximum Gasteiger partial charge on any atom is 0.338 e. The predicted octanol–water partition coefficient (Wildman–Crippen LogP) is 1.42. The number of ether oxygens (including phenoxy) is 1. The number of hydrogen-bond acceptors (Lipinski definition) is 9. The fourth-order valence-corrected chi connectivity index (χ4v) is 6.07. The molecule has 234 valence electrons. The van der Waals surface area contributed by atoms with Crippen LogP contribution in [0.25, 0.3) is 11.2 Å². The number of piperazine rings is 1. The lowest BCUT2D eigenvalue weighted by molar-refractivity contribution is -0.123. The van der Waals surface area contributed by atoms with Gasteiger partial charge in [0.25, 0.3) is 11.5 Å². The lowest BCUT2D eigenvalue weighted by Gasteiger charge is -2.37. The molecule has 2 aromatic heterocycles. The van der Waals surface area contributed by atoms with Gasteiger partial charge in [0.1, 0.15) is 0 Å². The van der Waals surface area contributed by atoms with Gasteiger partial charge in [0.05, 0.1) is 36.9 Å². The molecule has 1 unspecified atom stereocenters. The Kier molecular flexibility index (Phi) is 7.87. The molecule has 1 atom stereocenters. The summed E-state index contributed by atoms with van der Waals surface area (Å²) >= 11 is 0. The van der Waals surface area contributed by atoms with Crippen LogP contribution in [0.4, 0.5) is 11.6 Å². The minimum Gasteiger partial charge on any atom is -0.462 e. The molecule has 13 nitrogen and oxygen atoms in total. The molecular weight excluding hydrogens is 578 g/mol. The fourth-order valence-electron chi connectivity index (χ4n) is 6.07. The van der Waals surface area contributed by atoms with Crippen molar-refractivity contribution in [2.24, 2.45) is 14.1 Å². The standard InChI is InChI=1S/C32H35N7O6/c1-5-45-30(43)22-10-12-23(13-11-22)39-25(40)18-24(28(39)41)36-14-16-37(17-15-36)31-33-27-26(29(42)35(4)32(44)34(27)3)38(31)19-21-8-6-20(2)7-9-21/h6-13,24H,5,14-19H2,1-4H3. The first-order valence-electron chi connectivity index (χ1n) is 14.9. The van der Waals surface area contributed by atoms with E-state index in [9.17, 15) is 24.0 Å². The van der Waals surface area contributed by atoms with E-state index in [4.69, 9.17) is 9.72 Å². The van der Waals surface area contributed by atoms with Gasteiger partial charge in [-0.15, -0.1) is 0 Å². The van der Waals surface area contributed by atoms with Crippen molar-refractivity contribution in [2.45, 2.75) is 32.9 Å². The van der Waals surface area contributed by atoms with Gasteiger partial charge in [-0.25, -0.2) is 14.5 Å². The van der Waals surface area contributed by atoms with Gasteiger partial charge < -0.3 is 9.64 Å². The van der Waals surface area contributed by atoms with Gasteiger partial charge >= 0.3 is 11.7 Å². The highest BCUT2D eigenvalue weighted by Crippen LogP contribution is 2.28. The molecule has 2 aromatic carbocycles. The van der Waals surface area contributed by atoms with E-state index in [0.717, 1.165) is 15.7 Å². The van der Waals surface area contributed by atoms with E-state index in [1.54, 1.807) is 38.2 Å². The van der Waals surface area contributed by atoms with Crippen molar-refractivity contribution in [1.82, 2.24) is 23.6 Å². The summed E-state index contributed by atoms with van der Waals surface area (Å²) in [6.07, 6.45) is 0.0581. The third-order valence-electron chi connectivity index (χ3n) is 8.59. The van der Waals surface area contributed by atoms with Crippen LogP contribution in [0.5, 0.6) is 0 Å². The summed E-state index contributed by atoms with van der Waals surface area (Å²) < 4.78 is 9.36. The summed E-state index contributed by atoms with van der Waals surface area (Å²) in [4.78, 5) is 74.6. The molecule has 0 saturated carbocycles. The minimum atomic E-state index is -0.608. The Hall–Kier alpha value is -5.04. The van der Waals surface area contributed by atoms with Crippen molar-refractivity contribution in [3.8, 4) is 0 Å². The molecule has 0 N–H and O–H groups in total. The third kappa shape index (κ3) is 5.33. The first-order valence-corrected chi connectivity index (χ1v) is 14.9. The number of amides is 2. The van der Waals surface area contributed by atoms with Crippen molar-refractivity contribution >= 4 is 40.6 Å². The SMILES string of the molecule is CCOC(=O)c1ccc(N2C(=O)CC(N3CCN(c4nc5c(c(=O)n(C)c(=O)n5C)n4Cc4ccc(C)cc4)CC3)C2=O)cc1. The van der Waals surface area contributed by atoms with Crippen LogP contribution in [-0.2, 0) is 35.0 Å². The molecule has 2 aliphatic heterocycles. The smallest absolute Gasteiger partial charge is 0.338 e. The lowest BCUT2D eigenvalue weighted by Crippen LogP contribution is -2.53. The van der Waals surface area contributed by atoms with E-state index < -0.39 is 23.3 Å². The zero-order chi connectivity index (χ0) is 32.0. The minimum absolute atomic E-state index is 0.0581. The highest BCUT2D eigenvalue weighted by molar-refractivity contribution is 6.22. The van der Waals surface area contributed by atoms with E-state index in [0.29, 0.717) is 61.1 Å². The Bertz CT molecular complexity index is 1920. The molecule has 2 saturated heterocycles. The number of esters is 1. The number of fused-ring (bicyclic) bond motifs is 1. The van der Waals surface area contributed by atoms with Crippen LogP contribution in [-0.4, -0.2) is 80.2 Å². The van der Waals surface area contributed by atoms with Crippen LogP contribution in [0.3, 0.4) is 0 Å². The zero-order valence-corrected chi connectivity index (χ0v) is 25.7. The van der Waals surface area contributed by atoms with Crippen molar-refractivity contribution in [3.63, 3.8) is 0 Å². The van der Waals surface area contributed by atoms with Gasteiger partial charge in [-0.1, -0.05) is 29.8 Å². The second-order valence-corrected chi connectivity index (χ2v) is 11.4. The molecule has 6 rings (SSSR count). The van der Waals surface area contributed by atoms with E-state index in [2.05, 4.69) is 4.90 Å². The molecule has 45 heavy (non-hydrogen) atoms. The zero-order valence-electron chi connectivity index (χ0n) is 25.7. The molecule has 0 spiro atoms. The summed E-state index contributed by atoms with van der Waals surface area (Å²) in [6, 6.07) is 13.7. The molecule has 2 aliphatic rings. The quantitative estimate of drug-likeness (QED) is 0.224. The first-order chi connectivity index (χ1) is 21.6. The van der Waals surface area contributed by atoms with Gasteiger partial charge in [0.2, 0.25) is 11.9 Å². The van der Waals surface area contributed by atoms with E-state index >= 15 is 0 Å². The number of aromatic nitrogens is 4. The largest absolute Gasteiger partial charge is 0.462 e. The van der Waals surface area contributed by atoms with Gasteiger partial charge in [0.15, 0.2) is 11.2 Å². The van der Waals surface area contributed by atoms with E-state index in [1.165, 1.54) is 16.5 Å². The van der Waals surface area contributed by atoms with Crippen LogP contribution < -0.4 is 21.0 Å². The van der Waals surface area contributed by atoms with Gasteiger partial charge in [-0.05, 0) is 43.7 Å². The summed E-state index contributed by atoms with van der Waals surface area (Å²) in [5, 5.41) is 0. The number of nitrogens with zero attached hydrogens (tertiary/aromatic N) is 7. The lowest BCUT2D eigenvalue weighted by atomic mass is 10.1. The summed E-state index contributed by atoms with van der Waals surface area (Å²) in [7, 11) is 3.07. The van der Waals surface area contributed by atoms with E-state index in [1.807, 2.05) is 40.7 Å². The maximum atomic E-state index is 13.5.